The van der Waals surface area contributed by atoms with Crippen LogP contribution < -0.4 is 4.90 Å². The lowest BCUT2D eigenvalue weighted by Crippen LogP contribution is -2.42. The van der Waals surface area contributed by atoms with E-state index in [0.29, 0.717) is 5.69 Å². The second-order valence-electron chi connectivity index (χ2n) is 6.56. The summed E-state index contributed by atoms with van der Waals surface area (Å²) in [6, 6.07) is 15.6. The molecular weight excluding hydrogens is 373 g/mol. The summed E-state index contributed by atoms with van der Waals surface area (Å²) in [5.74, 6) is -2.03. The number of fused-ring (bicyclic) bond motifs is 1. The molecule has 0 saturated heterocycles. The van der Waals surface area contributed by atoms with Gasteiger partial charge in [0.15, 0.2) is 0 Å². The van der Waals surface area contributed by atoms with Crippen LogP contribution >= 0.6 is 0 Å². The van der Waals surface area contributed by atoms with Crippen LogP contribution in [0.5, 0.6) is 0 Å². The fourth-order valence-electron chi connectivity index (χ4n) is 3.25. The Kier molecular flexibility index (Phi) is 4.87. The highest BCUT2D eigenvalue weighted by Gasteiger charge is 2.37. The Bertz CT molecular complexity index is 1070. The van der Waals surface area contributed by atoms with Gasteiger partial charge in [-0.3, -0.25) is 24.3 Å². The topological polar surface area (TPSA) is 70.6 Å². The molecule has 3 aromatic rings. The minimum Gasteiger partial charge on any atom is -0.306 e. The van der Waals surface area contributed by atoms with Gasteiger partial charge in [-0.1, -0.05) is 24.3 Å². The van der Waals surface area contributed by atoms with E-state index in [2.05, 4.69) is 4.98 Å². The van der Waals surface area contributed by atoms with Crippen molar-refractivity contribution < 1.29 is 18.8 Å². The number of pyridine rings is 1. The largest absolute Gasteiger partial charge is 0.306 e. The first-order valence-electron chi connectivity index (χ1n) is 8.94. The summed E-state index contributed by atoms with van der Waals surface area (Å²) in [6.07, 6.45) is 3.21. The van der Waals surface area contributed by atoms with Gasteiger partial charge in [-0.2, -0.15) is 0 Å². The first kappa shape index (κ1) is 18.5. The summed E-state index contributed by atoms with van der Waals surface area (Å²) in [6.45, 7) is -0.317. The van der Waals surface area contributed by atoms with Gasteiger partial charge >= 0.3 is 0 Å². The molecule has 2 heterocycles. The van der Waals surface area contributed by atoms with Crippen LogP contribution in [0.2, 0.25) is 0 Å². The Morgan fingerprint density at radius 1 is 0.966 bits per heavy atom. The van der Waals surface area contributed by atoms with Gasteiger partial charge in [0.2, 0.25) is 5.91 Å². The number of hydrogen-bond donors (Lipinski definition) is 0. The third-order valence-electron chi connectivity index (χ3n) is 4.66. The summed E-state index contributed by atoms with van der Waals surface area (Å²) in [5.41, 5.74) is 1.60. The highest BCUT2D eigenvalue weighted by Crippen LogP contribution is 2.24. The van der Waals surface area contributed by atoms with Crippen molar-refractivity contribution >= 4 is 23.4 Å². The smallest absolute Gasteiger partial charge is 0.262 e. The number of amides is 3. The third-order valence-corrected chi connectivity index (χ3v) is 4.66. The number of aromatic nitrogens is 1. The van der Waals surface area contributed by atoms with Crippen molar-refractivity contribution in [1.82, 2.24) is 9.88 Å². The minimum atomic E-state index is -0.514. The molecule has 0 fully saturated rings. The number of carbonyl (C=O) groups is 3. The SMILES string of the molecule is O=C1c2ccccc2C(=O)N1CC(=O)N(Cc1cccnc1)c1cccc(F)c1. The molecule has 144 valence electrons. The standard InChI is InChI=1S/C22H16FN3O3/c23-16-6-3-7-17(11-16)25(13-15-5-4-10-24-12-15)20(27)14-26-21(28)18-8-1-2-9-19(18)22(26)29/h1-12H,13-14H2. The molecule has 3 amide bonds. The van der Waals surface area contributed by atoms with Crippen molar-refractivity contribution in [2.45, 2.75) is 6.54 Å². The predicted octanol–water partition coefficient (Wildman–Crippen LogP) is 3.05. The van der Waals surface area contributed by atoms with Crippen LogP contribution in [0.4, 0.5) is 10.1 Å². The monoisotopic (exact) mass is 389 g/mol. The molecule has 0 N–H and O–H groups in total. The Balaban J connectivity index is 1.62. The maximum absolute atomic E-state index is 13.8. The van der Waals surface area contributed by atoms with Crippen molar-refractivity contribution in [3.05, 3.63) is 95.6 Å². The molecule has 7 heteroatoms. The second-order valence-corrected chi connectivity index (χ2v) is 6.56. The predicted molar refractivity (Wildman–Crippen MR) is 104 cm³/mol. The number of benzene rings is 2. The molecule has 6 nitrogen and oxygen atoms in total. The summed E-state index contributed by atoms with van der Waals surface area (Å²) in [7, 11) is 0. The van der Waals surface area contributed by atoms with E-state index in [1.54, 1.807) is 54.9 Å². The van der Waals surface area contributed by atoms with Crippen LogP contribution in [0.15, 0.2) is 73.1 Å². The van der Waals surface area contributed by atoms with Gasteiger partial charge in [0, 0.05) is 18.1 Å². The first-order chi connectivity index (χ1) is 14.0. The van der Waals surface area contributed by atoms with Gasteiger partial charge in [-0.05, 0) is 42.0 Å². The van der Waals surface area contributed by atoms with Gasteiger partial charge in [-0.15, -0.1) is 0 Å². The number of rotatable bonds is 5. The van der Waals surface area contributed by atoms with Crippen LogP contribution in [0, 0.1) is 5.82 Å². The van der Waals surface area contributed by atoms with Crippen molar-refractivity contribution in [2.75, 3.05) is 11.4 Å². The molecule has 1 aromatic heterocycles. The number of anilines is 1. The van der Waals surface area contributed by atoms with Gasteiger partial charge in [0.25, 0.3) is 11.8 Å². The number of hydrogen-bond acceptors (Lipinski definition) is 4. The Labute approximate surface area is 166 Å². The molecular formula is C22H16FN3O3. The van der Waals surface area contributed by atoms with Crippen molar-refractivity contribution in [3.63, 3.8) is 0 Å². The summed E-state index contributed by atoms with van der Waals surface area (Å²) < 4.78 is 13.8. The molecule has 0 unspecified atom stereocenters. The van der Waals surface area contributed by atoms with Gasteiger partial charge in [-0.25, -0.2) is 4.39 Å². The quantitative estimate of drug-likeness (QED) is 0.629. The van der Waals surface area contributed by atoms with E-state index >= 15 is 0 Å². The van der Waals surface area contributed by atoms with Crippen LogP contribution in [0.3, 0.4) is 0 Å². The maximum atomic E-state index is 13.8. The van der Waals surface area contributed by atoms with Crippen molar-refractivity contribution in [1.29, 1.82) is 0 Å². The van der Waals surface area contributed by atoms with E-state index in [4.69, 9.17) is 0 Å². The van der Waals surface area contributed by atoms with Crippen LogP contribution in [-0.2, 0) is 11.3 Å². The van der Waals surface area contributed by atoms with Crippen LogP contribution in [0.25, 0.3) is 0 Å². The average molecular weight is 389 g/mol. The van der Waals surface area contributed by atoms with Crippen molar-refractivity contribution in [3.8, 4) is 0 Å². The first-order valence-corrected chi connectivity index (χ1v) is 8.94. The van der Waals surface area contributed by atoms with Crippen molar-refractivity contribution in [2.24, 2.45) is 0 Å². The Morgan fingerprint density at radius 3 is 2.31 bits per heavy atom. The lowest BCUT2D eigenvalue weighted by Gasteiger charge is -2.25. The van der Waals surface area contributed by atoms with Gasteiger partial charge < -0.3 is 4.90 Å². The van der Waals surface area contributed by atoms with E-state index in [1.807, 2.05) is 0 Å². The molecule has 0 spiro atoms. The number of imide groups is 1. The van der Waals surface area contributed by atoms with Gasteiger partial charge in [0.1, 0.15) is 12.4 Å². The summed E-state index contributed by atoms with van der Waals surface area (Å²) in [5, 5.41) is 0. The lowest BCUT2D eigenvalue weighted by atomic mass is 10.1. The highest BCUT2D eigenvalue weighted by atomic mass is 19.1. The molecule has 4 rings (SSSR count). The van der Waals surface area contributed by atoms with E-state index in [-0.39, 0.29) is 17.7 Å². The molecule has 1 aliphatic rings. The Hall–Kier alpha value is -3.87. The van der Waals surface area contributed by atoms with Crippen LogP contribution in [0.1, 0.15) is 26.3 Å². The average Bonchev–Trinajstić information content (AvgIpc) is 2.98. The molecule has 0 saturated carbocycles. The number of halogens is 1. The van der Waals surface area contributed by atoms with E-state index < -0.39 is 30.1 Å². The normalized spacial score (nSPS) is 12.8. The molecule has 0 atom stereocenters. The second kappa shape index (κ2) is 7.63. The zero-order valence-corrected chi connectivity index (χ0v) is 15.3. The van der Waals surface area contributed by atoms with Gasteiger partial charge in [0.05, 0.1) is 17.7 Å². The molecule has 0 radical (unpaired) electrons. The molecule has 2 aromatic carbocycles. The minimum absolute atomic E-state index is 0.124. The summed E-state index contributed by atoms with van der Waals surface area (Å²) >= 11 is 0. The fourth-order valence-corrected chi connectivity index (χ4v) is 3.25. The zero-order chi connectivity index (χ0) is 20.4. The summed E-state index contributed by atoms with van der Waals surface area (Å²) in [4.78, 5) is 44.5. The van der Waals surface area contributed by atoms with E-state index in [0.717, 1.165) is 10.5 Å². The molecule has 0 aliphatic carbocycles. The number of carbonyl (C=O) groups excluding carboxylic acids is 3. The third kappa shape index (κ3) is 3.62. The van der Waals surface area contributed by atoms with E-state index in [1.165, 1.54) is 23.1 Å². The highest BCUT2D eigenvalue weighted by molar-refractivity contribution is 6.22. The lowest BCUT2D eigenvalue weighted by molar-refractivity contribution is -0.119. The number of nitrogens with zero attached hydrogens (tertiary/aromatic N) is 3. The zero-order valence-electron chi connectivity index (χ0n) is 15.3. The van der Waals surface area contributed by atoms with Crippen LogP contribution in [-0.4, -0.2) is 34.2 Å². The molecule has 29 heavy (non-hydrogen) atoms. The fraction of sp³-hybridized carbons (Fsp3) is 0.0909. The molecule has 0 bridgehead atoms. The molecule has 1 aliphatic heterocycles. The maximum Gasteiger partial charge on any atom is 0.262 e. The van der Waals surface area contributed by atoms with E-state index in [9.17, 15) is 18.8 Å². The Morgan fingerprint density at radius 2 is 1.69 bits per heavy atom.